The zero-order valence-corrected chi connectivity index (χ0v) is 17.6. The van der Waals surface area contributed by atoms with Crippen molar-refractivity contribution in [1.29, 1.82) is 0 Å². The number of thioether (sulfide) groups is 1. The largest absolute Gasteiger partial charge is 0.480 e. The van der Waals surface area contributed by atoms with Crippen LogP contribution in [-0.4, -0.2) is 71.2 Å². The van der Waals surface area contributed by atoms with E-state index >= 15 is 0 Å². The molecule has 0 aliphatic carbocycles. The normalized spacial score (nSPS) is 15.1. The van der Waals surface area contributed by atoms with Gasteiger partial charge in [-0.25, -0.2) is 0 Å². The molecule has 0 fully saturated rings. The fourth-order valence-electron chi connectivity index (χ4n) is 2.08. The maximum Gasteiger partial charge on any atom is 0.322 e. The predicted molar refractivity (Wildman–Crippen MR) is 109 cm³/mol. The first-order valence-corrected chi connectivity index (χ1v) is 10.7. The van der Waals surface area contributed by atoms with Crippen LogP contribution in [-0.2, 0) is 19.2 Å². The molecule has 0 saturated carbocycles. The first-order valence-electron chi connectivity index (χ1n) is 8.63. The highest BCUT2D eigenvalue weighted by Gasteiger charge is 2.30. The molecule has 0 aromatic rings. The fourth-order valence-corrected chi connectivity index (χ4v) is 2.83. The van der Waals surface area contributed by atoms with Gasteiger partial charge in [-0.15, -0.1) is 0 Å². The standard InChI is InChI=1S/C16H30N4O5S2/c1-4-9(2)13(20-14(23)10(17)5-6-27-3)16(25)19-11(8-26)15(24)18-7-12(21)22/h9-11,13,26H,4-8,17H2,1-3H3,(H,18,24)(H,19,25)(H,20,23)(H,21,22). The van der Waals surface area contributed by atoms with E-state index in [1.54, 1.807) is 18.7 Å². The molecule has 6 N–H and O–H groups in total. The Morgan fingerprint density at radius 3 is 2.26 bits per heavy atom. The van der Waals surface area contributed by atoms with Gasteiger partial charge in [-0.05, 0) is 24.3 Å². The molecule has 11 heteroatoms. The van der Waals surface area contributed by atoms with Crippen LogP contribution in [0.25, 0.3) is 0 Å². The average molecular weight is 423 g/mol. The van der Waals surface area contributed by atoms with Gasteiger partial charge in [0.2, 0.25) is 17.7 Å². The minimum absolute atomic E-state index is 0.0222. The number of hydrogen-bond acceptors (Lipinski definition) is 7. The van der Waals surface area contributed by atoms with E-state index in [0.29, 0.717) is 12.8 Å². The van der Waals surface area contributed by atoms with E-state index < -0.39 is 48.4 Å². The lowest BCUT2D eigenvalue weighted by Crippen LogP contribution is -2.58. The number of aliphatic carboxylic acids is 1. The lowest BCUT2D eigenvalue weighted by Gasteiger charge is -2.27. The Bertz CT molecular complexity index is 521. The van der Waals surface area contributed by atoms with E-state index in [-0.39, 0.29) is 11.7 Å². The van der Waals surface area contributed by atoms with Crippen molar-refractivity contribution in [2.45, 2.75) is 44.8 Å². The fraction of sp³-hybridized carbons (Fsp3) is 0.750. The van der Waals surface area contributed by atoms with Gasteiger partial charge in [0.25, 0.3) is 0 Å². The number of carbonyl (C=O) groups excluding carboxylic acids is 3. The van der Waals surface area contributed by atoms with E-state index in [1.165, 1.54) is 0 Å². The third kappa shape index (κ3) is 9.87. The number of nitrogens with one attached hydrogen (secondary N) is 3. The molecular formula is C16H30N4O5S2. The number of carboxylic acids is 1. The maximum atomic E-state index is 12.6. The molecule has 4 unspecified atom stereocenters. The monoisotopic (exact) mass is 422 g/mol. The smallest absolute Gasteiger partial charge is 0.322 e. The summed E-state index contributed by atoms with van der Waals surface area (Å²) >= 11 is 5.60. The third-order valence-corrected chi connectivity index (χ3v) is 5.00. The molecule has 27 heavy (non-hydrogen) atoms. The quantitative estimate of drug-likeness (QED) is 0.213. The van der Waals surface area contributed by atoms with Crippen LogP contribution >= 0.6 is 24.4 Å². The van der Waals surface area contributed by atoms with Crippen LogP contribution in [0.5, 0.6) is 0 Å². The van der Waals surface area contributed by atoms with E-state index in [2.05, 4.69) is 28.6 Å². The van der Waals surface area contributed by atoms with E-state index in [1.807, 2.05) is 13.2 Å². The molecule has 3 amide bonds. The van der Waals surface area contributed by atoms with Crippen LogP contribution in [0.2, 0.25) is 0 Å². The molecule has 0 rings (SSSR count). The maximum absolute atomic E-state index is 12.6. The topological polar surface area (TPSA) is 151 Å². The van der Waals surface area contributed by atoms with Gasteiger partial charge in [0, 0.05) is 5.75 Å². The van der Waals surface area contributed by atoms with Crippen molar-refractivity contribution >= 4 is 48.1 Å². The zero-order valence-electron chi connectivity index (χ0n) is 15.9. The number of hydrogen-bond donors (Lipinski definition) is 6. The average Bonchev–Trinajstić information content (AvgIpc) is 2.65. The molecule has 4 atom stereocenters. The number of carbonyl (C=O) groups is 4. The molecule has 0 aliphatic rings. The lowest BCUT2D eigenvalue weighted by molar-refractivity contribution is -0.138. The minimum Gasteiger partial charge on any atom is -0.480 e. The Balaban J connectivity index is 5.01. The second-order valence-electron chi connectivity index (χ2n) is 6.12. The first-order chi connectivity index (χ1) is 12.7. The number of thiol groups is 1. The van der Waals surface area contributed by atoms with Crippen LogP contribution in [0.3, 0.4) is 0 Å². The van der Waals surface area contributed by atoms with Gasteiger partial charge in [-0.2, -0.15) is 24.4 Å². The Morgan fingerprint density at radius 1 is 1.15 bits per heavy atom. The highest BCUT2D eigenvalue weighted by molar-refractivity contribution is 7.98. The molecule has 0 spiro atoms. The molecule has 0 aliphatic heterocycles. The Hall–Kier alpha value is -1.46. The van der Waals surface area contributed by atoms with Crippen molar-refractivity contribution in [1.82, 2.24) is 16.0 Å². The SMILES string of the molecule is CCC(C)C(NC(=O)C(N)CCSC)C(=O)NC(CS)C(=O)NCC(=O)O. The molecule has 0 aromatic heterocycles. The highest BCUT2D eigenvalue weighted by atomic mass is 32.2. The number of nitrogens with two attached hydrogens (primary N) is 1. The van der Waals surface area contributed by atoms with Crippen molar-refractivity contribution in [2.24, 2.45) is 11.7 Å². The summed E-state index contributed by atoms with van der Waals surface area (Å²) in [5, 5.41) is 16.0. The van der Waals surface area contributed by atoms with Crippen LogP contribution < -0.4 is 21.7 Å². The summed E-state index contributed by atoms with van der Waals surface area (Å²) in [5.41, 5.74) is 5.85. The van der Waals surface area contributed by atoms with Gasteiger partial charge in [0.1, 0.15) is 18.6 Å². The molecular weight excluding hydrogens is 392 g/mol. The summed E-state index contributed by atoms with van der Waals surface area (Å²) in [6.45, 7) is 3.12. The summed E-state index contributed by atoms with van der Waals surface area (Å²) < 4.78 is 0. The van der Waals surface area contributed by atoms with E-state index in [0.717, 1.165) is 5.75 Å². The third-order valence-electron chi connectivity index (χ3n) is 3.99. The van der Waals surface area contributed by atoms with Gasteiger partial charge >= 0.3 is 5.97 Å². The van der Waals surface area contributed by atoms with Crippen molar-refractivity contribution < 1.29 is 24.3 Å². The molecule has 0 aromatic carbocycles. The van der Waals surface area contributed by atoms with Gasteiger partial charge in [0.15, 0.2) is 0 Å². The highest BCUT2D eigenvalue weighted by Crippen LogP contribution is 2.09. The summed E-state index contributed by atoms with van der Waals surface area (Å²) in [7, 11) is 0. The minimum atomic E-state index is -1.20. The molecule has 9 nitrogen and oxygen atoms in total. The molecule has 0 radical (unpaired) electrons. The van der Waals surface area contributed by atoms with Crippen molar-refractivity contribution in [3.63, 3.8) is 0 Å². The summed E-state index contributed by atoms with van der Waals surface area (Å²) in [6.07, 6.45) is 3.01. The van der Waals surface area contributed by atoms with Crippen LogP contribution in [0, 0.1) is 5.92 Å². The molecule has 156 valence electrons. The van der Waals surface area contributed by atoms with Crippen molar-refractivity contribution in [3.05, 3.63) is 0 Å². The Kier molecular flexibility index (Phi) is 12.9. The Morgan fingerprint density at radius 2 is 1.78 bits per heavy atom. The lowest BCUT2D eigenvalue weighted by atomic mass is 9.97. The van der Waals surface area contributed by atoms with Crippen molar-refractivity contribution in [2.75, 3.05) is 24.3 Å². The molecule has 0 saturated heterocycles. The Labute approximate surface area is 169 Å². The van der Waals surface area contributed by atoms with Gasteiger partial charge in [-0.1, -0.05) is 20.3 Å². The van der Waals surface area contributed by atoms with Gasteiger partial charge < -0.3 is 26.8 Å². The molecule has 0 bridgehead atoms. The van der Waals surface area contributed by atoms with Crippen LogP contribution in [0.15, 0.2) is 0 Å². The van der Waals surface area contributed by atoms with Gasteiger partial charge in [-0.3, -0.25) is 19.2 Å². The second kappa shape index (κ2) is 13.7. The van der Waals surface area contributed by atoms with Gasteiger partial charge in [0.05, 0.1) is 6.04 Å². The number of carboxylic acid groups (broad SMARTS) is 1. The summed E-state index contributed by atoms with van der Waals surface area (Å²) in [6, 6.07) is -2.61. The first kappa shape index (κ1) is 25.5. The summed E-state index contributed by atoms with van der Waals surface area (Å²) in [5.74, 6) is -2.32. The van der Waals surface area contributed by atoms with E-state index in [4.69, 9.17) is 10.8 Å². The van der Waals surface area contributed by atoms with E-state index in [9.17, 15) is 19.2 Å². The van der Waals surface area contributed by atoms with Crippen molar-refractivity contribution in [3.8, 4) is 0 Å². The molecule has 0 heterocycles. The number of amides is 3. The van der Waals surface area contributed by atoms with Crippen LogP contribution in [0.1, 0.15) is 26.7 Å². The summed E-state index contributed by atoms with van der Waals surface area (Å²) in [4.78, 5) is 47.4. The second-order valence-corrected chi connectivity index (χ2v) is 7.47. The number of rotatable bonds is 13. The predicted octanol–water partition coefficient (Wildman–Crippen LogP) is -0.787. The zero-order chi connectivity index (χ0) is 21.0. The van der Waals surface area contributed by atoms with Crippen LogP contribution in [0.4, 0.5) is 0 Å².